The molecule has 2 N–H and O–H groups in total. The summed E-state index contributed by atoms with van der Waals surface area (Å²) in [5.74, 6) is 1.75. The van der Waals surface area contributed by atoms with Gasteiger partial charge in [0.05, 0.1) is 10.7 Å². The average Bonchev–Trinajstić information content (AvgIpc) is 3.19. The van der Waals surface area contributed by atoms with Crippen molar-refractivity contribution in [3.8, 4) is 6.07 Å². The highest BCUT2D eigenvalue weighted by Gasteiger charge is 2.34. The molecule has 3 nitrogen and oxygen atoms in total. The van der Waals surface area contributed by atoms with E-state index in [0.717, 1.165) is 24.5 Å². The van der Waals surface area contributed by atoms with Crippen molar-refractivity contribution in [3.05, 3.63) is 10.4 Å². The Labute approximate surface area is 129 Å². The Balaban J connectivity index is 1.91. The molecule has 2 fully saturated rings. The summed E-state index contributed by atoms with van der Waals surface area (Å²) in [6.07, 6.45) is 3.64. The number of nitriles is 1. The third kappa shape index (κ3) is 2.64. The zero-order valence-electron chi connectivity index (χ0n) is 12.1. The molecule has 1 aliphatic heterocycles. The lowest BCUT2D eigenvalue weighted by atomic mass is 10.1. The summed E-state index contributed by atoms with van der Waals surface area (Å²) in [6.45, 7) is 6.79. The van der Waals surface area contributed by atoms with Gasteiger partial charge in [0.1, 0.15) is 10.9 Å². The van der Waals surface area contributed by atoms with Gasteiger partial charge in [0, 0.05) is 29.2 Å². The molecule has 1 saturated heterocycles. The van der Waals surface area contributed by atoms with Crippen molar-refractivity contribution in [1.82, 2.24) is 0 Å². The van der Waals surface area contributed by atoms with E-state index in [4.69, 9.17) is 5.73 Å². The number of hydrogen-bond donors (Lipinski definition) is 1. The van der Waals surface area contributed by atoms with E-state index in [-0.39, 0.29) is 0 Å². The van der Waals surface area contributed by atoms with Crippen LogP contribution in [0.4, 0.5) is 10.7 Å². The van der Waals surface area contributed by atoms with E-state index in [9.17, 15) is 5.26 Å². The predicted octanol–water partition coefficient (Wildman–Crippen LogP) is 3.80. The van der Waals surface area contributed by atoms with Crippen LogP contribution in [0.3, 0.4) is 0 Å². The third-order valence-corrected chi connectivity index (χ3v) is 6.74. The van der Waals surface area contributed by atoms with Crippen LogP contribution >= 0.6 is 23.1 Å². The highest BCUT2D eigenvalue weighted by molar-refractivity contribution is 8.00. The van der Waals surface area contributed by atoms with Crippen molar-refractivity contribution in [1.29, 1.82) is 5.26 Å². The first kappa shape index (κ1) is 14.1. The third-order valence-electron chi connectivity index (χ3n) is 4.18. The standard InChI is InChI=1S/C15H21N3S2/c1-15(2)5-6-18(7-8-19-15)14-12(10-3-4-10)13(17)11(9-16)20-14/h10H,3-8,17H2,1-2H3. The largest absolute Gasteiger partial charge is 0.397 e. The van der Waals surface area contributed by atoms with Crippen molar-refractivity contribution < 1.29 is 0 Å². The molecule has 1 aromatic rings. The molecule has 0 bridgehead atoms. The smallest absolute Gasteiger partial charge is 0.130 e. The van der Waals surface area contributed by atoms with Crippen LogP contribution in [0.2, 0.25) is 0 Å². The predicted molar refractivity (Wildman–Crippen MR) is 88.8 cm³/mol. The molecule has 0 amide bonds. The van der Waals surface area contributed by atoms with Crippen molar-refractivity contribution >= 4 is 33.8 Å². The summed E-state index contributed by atoms with van der Waals surface area (Å²) in [6, 6.07) is 2.27. The van der Waals surface area contributed by atoms with Crippen molar-refractivity contribution in [2.45, 2.75) is 43.8 Å². The van der Waals surface area contributed by atoms with Gasteiger partial charge in [-0.15, -0.1) is 11.3 Å². The molecule has 0 atom stereocenters. The van der Waals surface area contributed by atoms with Crippen LogP contribution in [-0.2, 0) is 0 Å². The second-order valence-corrected chi connectivity index (χ2v) is 9.10. The molecule has 5 heteroatoms. The molecule has 1 aromatic heterocycles. The van der Waals surface area contributed by atoms with Crippen LogP contribution in [0, 0.1) is 11.3 Å². The van der Waals surface area contributed by atoms with Gasteiger partial charge in [-0.05, 0) is 25.2 Å². The maximum atomic E-state index is 9.25. The number of nitrogen functional groups attached to an aromatic ring is 1. The number of anilines is 2. The molecular weight excluding hydrogens is 286 g/mol. The molecule has 1 saturated carbocycles. The van der Waals surface area contributed by atoms with Gasteiger partial charge in [-0.25, -0.2) is 0 Å². The van der Waals surface area contributed by atoms with Gasteiger partial charge in [0.2, 0.25) is 0 Å². The highest BCUT2D eigenvalue weighted by atomic mass is 32.2. The number of hydrogen-bond acceptors (Lipinski definition) is 5. The van der Waals surface area contributed by atoms with E-state index in [1.54, 1.807) is 11.3 Å². The van der Waals surface area contributed by atoms with Crippen LogP contribution in [0.5, 0.6) is 0 Å². The van der Waals surface area contributed by atoms with Gasteiger partial charge in [-0.2, -0.15) is 17.0 Å². The molecule has 1 aliphatic carbocycles. The molecule has 3 rings (SSSR count). The van der Waals surface area contributed by atoms with Crippen molar-refractivity contribution in [2.24, 2.45) is 0 Å². The highest BCUT2D eigenvalue weighted by Crippen LogP contribution is 2.52. The van der Waals surface area contributed by atoms with Gasteiger partial charge < -0.3 is 10.6 Å². The van der Waals surface area contributed by atoms with Gasteiger partial charge in [-0.1, -0.05) is 13.8 Å². The fourth-order valence-electron chi connectivity index (χ4n) is 2.75. The monoisotopic (exact) mass is 307 g/mol. The minimum atomic E-state index is 0.357. The van der Waals surface area contributed by atoms with Crippen LogP contribution in [-0.4, -0.2) is 23.6 Å². The van der Waals surface area contributed by atoms with Gasteiger partial charge in [0.25, 0.3) is 0 Å². The molecule has 2 heterocycles. The zero-order chi connectivity index (χ0) is 14.3. The molecule has 20 heavy (non-hydrogen) atoms. The van der Waals surface area contributed by atoms with Crippen LogP contribution in [0.25, 0.3) is 0 Å². The average molecular weight is 307 g/mol. The Morgan fingerprint density at radius 3 is 2.75 bits per heavy atom. The number of thioether (sulfide) groups is 1. The lowest BCUT2D eigenvalue weighted by molar-refractivity contribution is 0.638. The second kappa shape index (κ2) is 5.16. The van der Waals surface area contributed by atoms with Gasteiger partial charge in [0.15, 0.2) is 0 Å². The minimum Gasteiger partial charge on any atom is -0.397 e. The van der Waals surface area contributed by atoms with E-state index in [1.165, 1.54) is 29.8 Å². The fraction of sp³-hybridized carbons (Fsp3) is 0.667. The maximum absolute atomic E-state index is 9.25. The zero-order valence-corrected chi connectivity index (χ0v) is 13.7. The summed E-state index contributed by atoms with van der Waals surface area (Å²) < 4.78 is 0.357. The molecular formula is C15H21N3S2. The van der Waals surface area contributed by atoms with E-state index in [2.05, 4.69) is 36.6 Å². The Bertz CT molecular complexity index is 552. The Morgan fingerprint density at radius 1 is 1.35 bits per heavy atom. The molecule has 2 aliphatic rings. The van der Waals surface area contributed by atoms with E-state index in [0.29, 0.717) is 15.5 Å². The summed E-state index contributed by atoms with van der Waals surface area (Å²) in [4.78, 5) is 3.18. The second-order valence-electron chi connectivity index (χ2n) is 6.29. The fourth-order valence-corrected chi connectivity index (χ4v) is 5.01. The summed E-state index contributed by atoms with van der Waals surface area (Å²) in [5, 5.41) is 10.5. The maximum Gasteiger partial charge on any atom is 0.130 e. The quantitative estimate of drug-likeness (QED) is 0.903. The SMILES string of the molecule is CC1(C)CCN(c2sc(C#N)c(N)c2C2CC2)CCS1. The lowest BCUT2D eigenvalue weighted by Gasteiger charge is -2.24. The molecule has 108 valence electrons. The van der Waals surface area contributed by atoms with E-state index >= 15 is 0 Å². The van der Waals surface area contributed by atoms with Crippen LogP contribution < -0.4 is 10.6 Å². The summed E-state index contributed by atoms with van der Waals surface area (Å²) >= 11 is 3.65. The molecule has 0 radical (unpaired) electrons. The normalized spacial score (nSPS) is 22.4. The number of thiophene rings is 1. The lowest BCUT2D eigenvalue weighted by Crippen LogP contribution is -2.26. The van der Waals surface area contributed by atoms with Crippen LogP contribution in [0.15, 0.2) is 0 Å². The number of nitrogens with zero attached hydrogens (tertiary/aromatic N) is 2. The number of rotatable bonds is 2. The van der Waals surface area contributed by atoms with Crippen molar-refractivity contribution in [2.75, 3.05) is 29.5 Å². The first-order valence-corrected chi connectivity index (χ1v) is 9.03. The molecule has 0 spiro atoms. The van der Waals surface area contributed by atoms with Crippen molar-refractivity contribution in [3.63, 3.8) is 0 Å². The van der Waals surface area contributed by atoms with E-state index < -0.39 is 0 Å². The number of nitrogens with two attached hydrogens (primary N) is 1. The molecule has 0 unspecified atom stereocenters. The minimum absolute atomic E-state index is 0.357. The summed E-state index contributed by atoms with van der Waals surface area (Å²) in [7, 11) is 0. The van der Waals surface area contributed by atoms with Gasteiger partial charge >= 0.3 is 0 Å². The van der Waals surface area contributed by atoms with Gasteiger partial charge in [-0.3, -0.25) is 0 Å². The Morgan fingerprint density at radius 2 is 2.10 bits per heavy atom. The van der Waals surface area contributed by atoms with Crippen LogP contribution in [0.1, 0.15) is 49.5 Å². The van der Waals surface area contributed by atoms with E-state index in [1.807, 2.05) is 0 Å². The summed E-state index contributed by atoms with van der Waals surface area (Å²) in [5.41, 5.74) is 8.24. The Kier molecular flexibility index (Phi) is 3.64. The molecule has 0 aromatic carbocycles. The topological polar surface area (TPSA) is 53.0 Å². The first-order valence-electron chi connectivity index (χ1n) is 7.23. The first-order chi connectivity index (χ1) is 9.52. The Hall–Kier alpha value is -0.860.